The van der Waals surface area contributed by atoms with Crippen molar-refractivity contribution in [3.63, 3.8) is 0 Å². The molecule has 0 unspecified atom stereocenters. The number of nitrogens with one attached hydrogen (secondary N) is 1. The summed E-state index contributed by atoms with van der Waals surface area (Å²) in [6.07, 6.45) is 0.186. The van der Waals surface area contributed by atoms with Crippen LogP contribution in [0.1, 0.15) is 18.9 Å². The van der Waals surface area contributed by atoms with Crippen LogP contribution in [0.25, 0.3) is 5.69 Å². The topological polar surface area (TPSA) is 100 Å². The fraction of sp³-hybridized carbons (Fsp3) is 0.385. The fourth-order valence-corrected chi connectivity index (χ4v) is 1.83. The van der Waals surface area contributed by atoms with Crippen molar-refractivity contribution in [2.24, 2.45) is 7.05 Å². The molecule has 0 aliphatic carbocycles. The molecule has 0 saturated carbocycles. The number of benzene rings is 1. The molecule has 24 heavy (non-hydrogen) atoms. The van der Waals surface area contributed by atoms with Crippen LogP contribution < -0.4 is 15.9 Å². The maximum Gasteiger partial charge on any atom is 0.387 e. The monoisotopic (exact) mass is 343 g/mol. The van der Waals surface area contributed by atoms with E-state index < -0.39 is 12.3 Å². The van der Waals surface area contributed by atoms with Crippen LogP contribution in [-0.4, -0.2) is 32.3 Å². The summed E-state index contributed by atoms with van der Waals surface area (Å²) in [5.74, 6) is -0.591. The molecule has 130 valence electrons. The van der Waals surface area contributed by atoms with Gasteiger partial charge in [0.2, 0.25) is 5.91 Å². The third-order valence-corrected chi connectivity index (χ3v) is 3.00. The lowest BCUT2D eigenvalue weighted by Crippen LogP contribution is -2.25. The number of ether oxygens (including phenoxy) is 1. The largest absolute Gasteiger partial charge is 0.434 e. The van der Waals surface area contributed by atoms with Gasteiger partial charge in [-0.05, 0) is 22.6 Å². The van der Waals surface area contributed by atoms with Crippen molar-refractivity contribution in [1.82, 2.24) is 25.3 Å². The first-order valence-electron chi connectivity index (χ1n) is 6.90. The molecule has 0 atom stereocenters. The SMILES string of the molecule is CCC(=O)NOCc1c(OC(F)F)cccc1-n1nnn(C)c1=O. The second-order valence-corrected chi connectivity index (χ2v) is 4.60. The van der Waals surface area contributed by atoms with Gasteiger partial charge in [0.15, 0.2) is 0 Å². The summed E-state index contributed by atoms with van der Waals surface area (Å²) in [6.45, 7) is -1.76. The number of hydrogen-bond donors (Lipinski definition) is 1. The van der Waals surface area contributed by atoms with Crippen LogP contribution in [0.15, 0.2) is 23.0 Å². The molecular formula is C13H15F2N5O4. The molecule has 11 heteroatoms. The van der Waals surface area contributed by atoms with E-state index in [1.165, 1.54) is 25.2 Å². The van der Waals surface area contributed by atoms with Crippen LogP contribution >= 0.6 is 0 Å². The lowest BCUT2D eigenvalue weighted by atomic mass is 10.1. The number of aryl methyl sites for hydroxylation is 1. The normalized spacial score (nSPS) is 10.9. The molecular weight excluding hydrogens is 328 g/mol. The summed E-state index contributed by atoms with van der Waals surface area (Å²) >= 11 is 0. The predicted octanol–water partition coefficient (Wildman–Crippen LogP) is 0.525. The number of nitrogens with zero attached hydrogens (tertiary/aromatic N) is 4. The van der Waals surface area contributed by atoms with E-state index in [9.17, 15) is 18.4 Å². The van der Waals surface area contributed by atoms with Crippen LogP contribution in [0.4, 0.5) is 8.78 Å². The predicted molar refractivity (Wildman–Crippen MR) is 76.5 cm³/mol. The smallest absolute Gasteiger partial charge is 0.387 e. The molecule has 1 aromatic carbocycles. The minimum Gasteiger partial charge on any atom is -0.434 e. The Kier molecular flexibility index (Phi) is 5.58. The second kappa shape index (κ2) is 7.64. The van der Waals surface area contributed by atoms with Crippen molar-refractivity contribution in [3.05, 3.63) is 34.2 Å². The molecule has 1 N–H and O–H groups in total. The van der Waals surface area contributed by atoms with Crippen LogP contribution in [0.5, 0.6) is 5.75 Å². The number of halogens is 2. The average Bonchev–Trinajstić information content (AvgIpc) is 2.87. The molecule has 1 aromatic heterocycles. The molecule has 0 radical (unpaired) electrons. The zero-order valence-electron chi connectivity index (χ0n) is 12.9. The molecule has 9 nitrogen and oxygen atoms in total. The minimum absolute atomic E-state index is 0.108. The van der Waals surface area contributed by atoms with Gasteiger partial charge in [0.1, 0.15) is 12.4 Å². The van der Waals surface area contributed by atoms with Crippen LogP contribution in [0, 0.1) is 0 Å². The van der Waals surface area contributed by atoms with Crippen molar-refractivity contribution in [2.45, 2.75) is 26.6 Å². The van der Waals surface area contributed by atoms with Crippen LogP contribution in [-0.2, 0) is 23.3 Å². The Morgan fingerprint density at radius 1 is 1.38 bits per heavy atom. The number of rotatable bonds is 7. The minimum atomic E-state index is -3.07. The molecule has 2 rings (SSSR count). The maximum absolute atomic E-state index is 12.6. The van der Waals surface area contributed by atoms with E-state index in [0.717, 1.165) is 9.36 Å². The first-order chi connectivity index (χ1) is 11.4. The summed E-state index contributed by atoms with van der Waals surface area (Å²) in [5.41, 5.74) is 1.83. The number of amides is 1. The maximum atomic E-state index is 12.6. The Labute approximate surface area is 134 Å². The van der Waals surface area contributed by atoms with E-state index in [4.69, 9.17) is 4.84 Å². The molecule has 0 fully saturated rings. The van der Waals surface area contributed by atoms with Gasteiger partial charge in [-0.3, -0.25) is 9.63 Å². The van der Waals surface area contributed by atoms with Gasteiger partial charge in [0, 0.05) is 19.0 Å². The summed E-state index contributed by atoms with van der Waals surface area (Å²) in [4.78, 5) is 28.2. The Bertz CT molecular complexity index is 774. The van der Waals surface area contributed by atoms with Crippen molar-refractivity contribution in [3.8, 4) is 11.4 Å². The number of aromatic nitrogens is 4. The Morgan fingerprint density at radius 3 is 2.71 bits per heavy atom. The fourth-order valence-electron chi connectivity index (χ4n) is 1.83. The standard InChI is InChI=1S/C13H15F2N5O4/c1-3-11(21)16-23-7-8-9(20-13(22)19(2)17-18-20)5-4-6-10(8)24-12(14)15/h4-6,12H,3,7H2,1-2H3,(H,16,21). The van der Waals surface area contributed by atoms with E-state index in [1.807, 2.05) is 0 Å². The van der Waals surface area contributed by atoms with Gasteiger partial charge in [0.25, 0.3) is 0 Å². The third-order valence-electron chi connectivity index (χ3n) is 3.00. The number of carbonyl (C=O) groups excluding carboxylic acids is 1. The summed E-state index contributed by atoms with van der Waals surface area (Å²) in [5, 5.41) is 7.22. The van der Waals surface area contributed by atoms with Crippen molar-refractivity contribution >= 4 is 5.91 Å². The van der Waals surface area contributed by atoms with E-state index in [-0.39, 0.29) is 35.9 Å². The number of hydroxylamine groups is 1. The summed E-state index contributed by atoms with van der Waals surface area (Å²) in [7, 11) is 1.39. The van der Waals surface area contributed by atoms with Gasteiger partial charge in [-0.2, -0.15) is 18.1 Å². The van der Waals surface area contributed by atoms with Gasteiger partial charge < -0.3 is 4.74 Å². The molecule has 0 saturated heterocycles. The van der Waals surface area contributed by atoms with Gasteiger partial charge in [0.05, 0.1) is 5.69 Å². The molecule has 0 bridgehead atoms. The lowest BCUT2D eigenvalue weighted by Gasteiger charge is -2.14. The Balaban J connectivity index is 2.40. The van der Waals surface area contributed by atoms with E-state index >= 15 is 0 Å². The highest BCUT2D eigenvalue weighted by Gasteiger charge is 2.18. The third kappa shape index (κ3) is 3.93. The highest BCUT2D eigenvalue weighted by atomic mass is 19.3. The van der Waals surface area contributed by atoms with Gasteiger partial charge in [-0.25, -0.2) is 10.3 Å². The lowest BCUT2D eigenvalue weighted by molar-refractivity contribution is -0.134. The van der Waals surface area contributed by atoms with E-state index in [1.54, 1.807) is 6.92 Å². The van der Waals surface area contributed by atoms with Crippen LogP contribution in [0.3, 0.4) is 0 Å². The van der Waals surface area contributed by atoms with Gasteiger partial charge >= 0.3 is 12.3 Å². The first kappa shape index (κ1) is 17.5. The molecule has 2 aromatic rings. The quantitative estimate of drug-likeness (QED) is 0.736. The highest BCUT2D eigenvalue weighted by Crippen LogP contribution is 2.26. The summed E-state index contributed by atoms with van der Waals surface area (Å²) in [6, 6.07) is 4.18. The van der Waals surface area contributed by atoms with Crippen LogP contribution in [0.2, 0.25) is 0 Å². The van der Waals surface area contributed by atoms with Crippen molar-refractivity contribution < 1.29 is 23.1 Å². The zero-order chi connectivity index (χ0) is 17.7. The highest BCUT2D eigenvalue weighted by molar-refractivity contribution is 5.74. The molecule has 0 aliphatic heterocycles. The number of hydrogen-bond acceptors (Lipinski definition) is 6. The Morgan fingerprint density at radius 2 is 2.12 bits per heavy atom. The van der Waals surface area contributed by atoms with Gasteiger partial charge in [-0.1, -0.05) is 13.0 Å². The van der Waals surface area contributed by atoms with E-state index in [0.29, 0.717) is 0 Å². The van der Waals surface area contributed by atoms with Crippen molar-refractivity contribution in [1.29, 1.82) is 0 Å². The first-order valence-corrected chi connectivity index (χ1v) is 6.90. The van der Waals surface area contributed by atoms with E-state index in [2.05, 4.69) is 20.6 Å². The van der Waals surface area contributed by atoms with Gasteiger partial charge in [-0.15, -0.1) is 0 Å². The number of tetrazole rings is 1. The molecule has 0 spiro atoms. The average molecular weight is 343 g/mol. The Hall–Kier alpha value is -2.82. The number of carbonyl (C=O) groups is 1. The van der Waals surface area contributed by atoms with Crippen molar-refractivity contribution in [2.75, 3.05) is 0 Å². The summed E-state index contributed by atoms with van der Waals surface area (Å²) < 4.78 is 31.5. The molecule has 1 heterocycles. The number of alkyl halides is 2. The second-order valence-electron chi connectivity index (χ2n) is 4.60. The molecule has 1 amide bonds. The molecule has 0 aliphatic rings. The zero-order valence-corrected chi connectivity index (χ0v) is 12.9.